The van der Waals surface area contributed by atoms with Crippen molar-refractivity contribution in [3.05, 3.63) is 59.1 Å². The largest absolute Gasteiger partial charge is 0.280 e. The van der Waals surface area contributed by atoms with Gasteiger partial charge in [0, 0.05) is 5.69 Å². The lowest BCUT2D eigenvalue weighted by Crippen LogP contribution is -2.13. The Balaban J connectivity index is 2.33. The van der Waals surface area contributed by atoms with E-state index in [0.717, 1.165) is 5.56 Å². The fourth-order valence-electron chi connectivity index (χ4n) is 1.49. The summed E-state index contributed by atoms with van der Waals surface area (Å²) in [6, 6.07) is 13.4. The van der Waals surface area contributed by atoms with Gasteiger partial charge in [0.25, 0.3) is 10.0 Å². The summed E-state index contributed by atoms with van der Waals surface area (Å²) in [5, 5.41) is 0.206. The summed E-state index contributed by atoms with van der Waals surface area (Å²) in [5.74, 6) is 0. The maximum atomic E-state index is 12.1. The Kier molecular flexibility index (Phi) is 3.59. The number of rotatable bonds is 3. The van der Waals surface area contributed by atoms with Gasteiger partial charge < -0.3 is 0 Å². The fraction of sp³-hybridized carbons (Fsp3) is 0.0769. The van der Waals surface area contributed by atoms with Crippen LogP contribution in [-0.2, 0) is 10.0 Å². The van der Waals surface area contributed by atoms with Crippen LogP contribution in [0.3, 0.4) is 0 Å². The molecule has 2 aromatic carbocycles. The Morgan fingerprint density at radius 3 is 2.22 bits per heavy atom. The molecule has 94 valence electrons. The molecule has 0 bridgehead atoms. The summed E-state index contributed by atoms with van der Waals surface area (Å²) in [7, 11) is -3.64. The molecule has 3 nitrogen and oxygen atoms in total. The predicted octanol–water partition coefficient (Wildman–Crippen LogP) is 3.45. The molecule has 0 unspecified atom stereocenters. The molecule has 0 radical (unpaired) electrons. The van der Waals surface area contributed by atoms with Crippen LogP contribution in [0, 0.1) is 6.92 Å². The van der Waals surface area contributed by atoms with Crippen LogP contribution >= 0.6 is 11.6 Å². The van der Waals surface area contributed by atoms with E-state index in [-0.39, 0.29) is 9.92 Å². The van der Waals surface area contributed by atoms with Crippen molar-refractivity contribution in [2.75, 3.05) is 4.72 Å². The Morgan fingerprint density at radius 2 is 1.61 bits per heavy atom. The maximum absolute atomic E-state index is 12.1. The van der Waals surface area contributed by atoms with Crippen LogP contribution in [0.25, 0.3) is 0 Å². The highest BCUT2D eigenvalue weighted by Gasteiger charge is 2.17. The first-order valence-electron chi connectivity index (χ1n) is 5.33. The molecule has 0 atom stereocenters. The van der Waals surface area contributed by atoms with Crippen molar-refractivity contribution in [3.63, 3.8) is 0 Å². The SMILES string of the molecule is Cc1ccc(NS(=O)(=O)c2ccccc2Cl)cc1. The maximum Gasteiger partial charge on any atom is 0.263 e. The van der Waals surface area contributed by atoms with E-state index in [1.54, 1.807) is 30.3 Å². The average Bonchev–Trinajstić information content (AvgIpc) is 2.32. The Labute approximate surface area is 111 Å². The zero-order valence-corrected chi connectivity index (χ0v) is 11.3. The number of halogens is 1. The van der Waals surface area contributed by atoms with Crippen LogP contribution in [0.1, 0.15) is 5.56 Å². The number of anilines is 1. The van der Waals surface area contributed by atoms with Gasteiger partial charge in [-0.25, -0.2) is 8.42 Å². The summed E-state index contributed by atoms with van der Waals surface area (Å²) in [6.45, 7) is 1.94. The third kappa shape index (κ3) is 2.83. The van der Waals surface area contributed by atoms with Gasteiger partial charge in [0.05, 0.1) is 5.02 Å². The first kappa shape index (κ1) is 12.9. The van der Waals surface area contributed by atoms with Crippen LogP contribution in [0.2, 0.25) is 5.02 Å². The Hall–Kier alpha value is -1.52. The van der Waals surface area contributed by atoms with Crippen LogP contribution in [0.15, 0.2) is 53.4 Å². The van der Waals surface area contributed by atoms with E-state index in [1.807, 2.05) is 19.1 Å². The second-order valence-corrected chi connectivity index (χ2v) is 5.96. The Morgan fingerprint density at radius 1 is 1.00 bits per heavy atom. The molecule has 0 aliphatic rings. The van der Waals surface area contributed by atoms with E-state index in [9.17, 15) is 8.42 Å². The summed E-state index contributed by atoms with van der Waals surface area (Å²) in [5.41, 5.74) is 1.58. The molecule has 1 N–H and O–H groups in total. The van der Waals surface area contributed by atoms with Gasteiger partial charge >= 0.3 is 0 Å². The van der Waals surface area contributed by atoms with Crippen LogP contribution in [0.5, 0.6) is 0 Å². The van der Waals surface area contributed by atoms with Gasteiger partial charge in [-0.15, -0.1) is 0 Å². The van der Waals surface area contributed by atoms with Crippen molar-refractivity contribution in [1.82, 2.24) is 0 Å². The number of sulfonamides is 1. The van der Waals surface area contributed by atoms with Gasteiger partial charge in [0.2, 0.25) is 0 Å². The number of hydrogen-bond acceptors (Lipinski definition) is 2. The minimum absolute atomic E-state index is 0.0761. The summed E-state index contributed by atoms with van der Waals surface area (Å²) in [6.07, 6.45) is 0. The topological polar surface area (TPSA) is 46.2 Å². The standard InChI is InChI=1S/C13H12ClNO2S/c1-10-6-8-11(9-7-10)15-18(16,17)13-5-3-2-4-12(13)14/h2-9,15H,1H3. The monoisotopic (exact) mass is 281 g/mol. The summed E-state index contributed by atoms with van der Waals surface area (Å²) < 4.78 is 26.7. The molecule has 0 heterocycles. The highest BCUT2D eigenvalue weighted by molar-refractivity contribution is 7.92. The lowest BCUT2D eigenvalue weighted by Gasteiger charge is -2.09. The summed E-state index contributed by atoms with van der Waals surface area (Å²) >= 11 is 5.88. The van der Waals surface area contributed by atoms with E-state index in [0.29, 0.717) is 5.69 Å². The van der Waals surface area contributed by atoms with E-state index in [2.05, 4.69) is 4.72 Å². The number of benzene rings is 2. The lowest BCUT2D eigenvalue weighted by molar-refractivity contribution is 0.601. The first-order valence-corrected chi connectivity index (χ1v) is 7.19. The number of nitrogens with one attached hydrogen (secondary N) is 1. The van der Waals surface area contributed by atoms with Crippen molar-refractivity contribution in [1.29, 1.82) is 0 Å². The van der Waals surface area contributed by atoms with Gasteiger partial charge in [0.15, 0.2) is 0 Å². The molecular formula is C13H12ClNO2S. The predicted molar refractivity (Wildman–Crippen MR) is 73.4 cm³/mol. The smallest absolute Gasteiger partial charge is 0.263 e. The number of hydrogen-bond donors (Lipinski definition) is 1. The molecular weight excluding hydrogens is 270 g/mol. The fourth-order valence-corrected chi connectivity index (χ4v) is 3.07. The third-order valence-electron chi connectivity index (χ3n) is 2.43. The molecule has 0 saturated heterocycles. The molecule has 2 rings (SSSR count). The second-order valence-electron chi connectivity index (χ2n) is 3.90. The number of aryl methyl sites for hydroxylation is 1. The van der Waals surface area contributed by atoms with Gasteiger partial charge in [-0.05, 0) is 31.2 Å². The van der Waals surface area contributed by atoms with Crippen LogP contribution in [-0.4, -0.2) is 8.42 Å². The molecule has 0 fully saturated rings. The van der Waals surface area contributed by atoms with Crippen LogP contribution < -0.4 is 4.72 Å². The molecule has 5 heteroatoms. The average molecular weight is 282 g/mol. The summed E-state index contributed by atoms with van der Waals surface area (Å²) in [4.78, 5) is 0.0761. The quantitative estimate of drug-likeness (QED) is 0.937. The van der Waals surface area contributed by atoms with E-state index in [1.165, 1.54) is 6.07 Å². The van der Waals surface area contributed by atoms with Crippen molar-refractivity contribution in [2.45, 2.75) is 11.8 Å². The zero-order chi connectivity index (χ0) is 13.2. The van der Waals surface area contributed by atoms with Gasteiger partial charge in [-0.1, -0.05) is 41.4 Å². The van der Waals surface area contributed by atoms with E-state index >= 15 is 0 Å². The minimum Gasteiger partial charge on any atom is -0.280 e. The molecule has 18 heavy (non-hydrogen) atoms. The normalized spacial score (nSPS) is 11.2. The van der Waals surface area contributed by atoms with Crippen LogP contribution in [0.4, 0.5) is 5.69 Å². The van der Waals surface area contributed by atoms with E-state index in [4.69, 9.17) is 11.6 Å². The van der Waals surface area contributed by atoms with Gasteiger partial charge in [-0.2, -0.15) is 0 Å². The van der Waals surface area contributed by atoms with Gasteiger partial charge in [-0.3, -0.25) is 4.72 Å². The minimum atomic E-state index is -3.64. The van der Waals surface area contributed by atoms with Gasteiger partial charge in [0.1, 0.15) is 4.90 Å². The lowest BCUT2D eigenvalue weighted by atomic mass is 10.2. The highest BCUT2D eigenvalue weighted by atomic mass is 35.5. The highest BCUT2D eigenvalue weighted by Crippen LogP contribution is 2.23. The molecule has 0 amide bonds. The molecule has 0 aliphatic heterocycles. The molecule has 0 spiro atoms. The Bertz CT molecular complexity index is 651. The van der Waals surface area contributed by atoms with Crippen molar-refractivity contribution in [3.8, 4) is 0 Å². The van der Waals surface area contributed by atoms with Crippen molar-refractivity contribution < 1.29 is 8.42 Å². The molecule has 0 aliphatic carbocycles. The second kappa shape index (κ2) is 5.00. The molecule has 0 aromatic heterocycles. The van der Waals surface area contributed by atoms with E-state index < -0.39 is 10.0 Å². The third-order valence-corrected chi connectivity index (χ3v) is 4.31. The molecule has 0 saturated carbocycles. The van der Waals surface area contributed by atoms with Crippen molar-refractivity contribution >= 4 is 27.3 Å². The molecule has 2 aromatic rings. The van der Waals surface area contributed by atoms with Crippen molar-refractivity contribution in [2.24, 2.45) is 0 Å². The first-order chi connectivity index (χ1) is 8.49. The zero-order valence-electron chi connectivity index (χ0n) is 9.72.